The number of rotatable bonds is 6. The molecule has 1 aromatic rings. The van der Waals surface area contributed by atoms with Crippen LogP contribution >= 0.6 is 0 Å². The molecule has 1 aromatic carbocycles. The SMILES string of the molecule is CN=C(NCCOC)NCCN1CCc2ccccc2C1. The summed E-state index contributed by atoms with van der Waals surface area (Å²) in [4.78, 5) is 6.68. The van der Waals surface area contributed by atoms with E-state index in [2.05, 4.69) is 44.8 Å². The number of hydrogen-bond acceptors (Lipinski definition) is 3. The van der Waals surface area contributed by atoms with Crippen LogP contribution in [0.1, 0.15) is 11.1 Å². The number of nitrogens with zero attached hydrogens (tertiary/aromatic N) is 2. The molecule has 2 rings (SSSR count). The number of fused-ring (bicyclic) bond motifs is 1. The van der Waals surface area contributed by atoms with E-state index in [-0.39, 0.29) is 0 Å². The van der Waals surface area contributed by atoms with Crippen molar-refractivity contribution in [2.45, 2.75) is 13.0 Å². The lowest BCUT2D eigenvalue weighted by Gasteiger charge is -2.28. The van der Waals surface area contributed by atoms with E-state index in [4.69, 9.17) is 4.74 Å². The van der Waals surface area contributed by atoms with Gasteiger partial charge in [-0.25, -0.2) is 0 Å². The van der Waals surface area contributed by atoms with Crippen molar-refractivity contribution in [2.75, 3.05) is 46.9 Å². The molecule has 0 aromatic heterocycles. The minimum absolute atomic E-state index is 0.684. The molecule has 0 aliphatic carbocycles. The van der Waals surface area contributed by atoms with E-state index in [1.807, 2.05) is 0 Å². The first-order valence-electron chi connectivity index (χ1n) is 7.56. The lowest BCUT2D eigenvalue weighted by atomic mass is 10.00. The summed E-state index contributed by atoms with van der Waals surface area (Å²) in [6.45, 7) is 5.56. The summed E-state index contributed by atoms with van der Waals surface area (Å²) in [5, 5.41) is 6.56. The Morgan fingerprint density at radius 3 is 2.76 bits per heavy atom. The van der Waals surface area contributed by atoms with Crippen LogP contribution < -0.4 is 10.6 Å². The van der Waals surface area contributed by atoms with Crippen molar-refractivity contribution in [1.82, 2.24) is 15.5 Å². The van der Waals surface area contributed by atoms with E-state index in [0.717, 1.165) is 45.1 Å². The van der Waals surface area contributed by atoms with E-state index in [1.165, 1.54) is 11.1 Å². The van der Waals surface area contributed by atoms with Gasteiger partial charge < -0.3 is 15.4 Å². The maximum absolute atomic E-state index is 5.02. The molecule has 21 heavy (non-hydrogen) atoms. The average molecular weight is 290 g/mol. The van der Waals surface area contributed by atoms with Crippen LogP contribution in [0.3, 0.4) is 0 Å². The van der Waals surface area contributed by atoms with Gasteiger partial charge in [-0.05, 0) is 17.5 Å². The Morgan fingerprint density at radius 2 is 2.00 bits per heavy atom. The van der Waals surface area contributed by atoms with E-state index in [9.17, 15) is 0 Å². The first kappa shape index (κ1) is 15.8. The summed E-state index contributed by atoms with van der Waals surface area (Å²) < 4.78 is 5.02. The van der Waals surface area contributed by atoms with Crippen LogP contribution in [-0.2, 0) is 17.7 Å². The Kier molecular flexibility index (Phi) is 6.50. The van der Waals surface area contributed by atoms with Gasteiger partial charge in [0.25, 0.3) is 0 Å². The zero-order valence-electron chi connectivity index (χ0n) is 13.1. The second kappa shape index (κ2) is 8.64. The van der Waals surface area contributed by atoms with Gasteiger partial charge in [-0.2, -0.15) is 0 Å². The first-order valence-corrected chi connectivity index (χ1v) is 7.56. The van der Waals surface area contributed by atoms with Crippen LogP contribution in [0.25, 0.3) is 0 Å². The van der Waals surface area contributed by atoms with Gasteiger partial charge >= 0.3 is 0 Å². The molecule has 0 saturated carbocycles. The second-order valence-corrected chi connectivity index (χ2v) is 5.21. The Morgan fingerprint density at radius 1 is 1.24 bits per heavy atom. The highest BCUT2D eigenvalue weighted by Gasteiger charge is 2.14. The summed E-state index contributed by atoms with van der Waals surface area (Å²) in [6, 6.07) is 8.74. The zero-order valence-corrected chi connectivity index (χ0v) is 13.1. The molecule has 116 valence electrons. The Hall–Kier alpha value is -1.59. The molecule has 2 N–H and O–H groups in total. The molecule has 0 atom stereocenters. The lowest BCUT2D eigenvalue weighted by molar-refractivity contribution is 0.203. The molecule has 1 heterocycles. The predicted molar refractivity (Wildman–Crippen MR) is 86.7 cm³/mol. The van der Waals surface area contributed by atoms with Crippen molar-refractivity contribution in [3.8, 4) is 0 Å². The fourth-order valence-corrected chi connectivity index (χ4v) is 2.57. The molecule has 0 fully saturated rings. The van der Waals surface area contributed by atoms with E-state index >= 15 is 0 Å². The minimum Gasteiger partial charge on any atom is -0.383 e. The van der Waals surface area contributed by atoms with Gasteiger partial charge in [-0.3, -0.25) is 9.89 Å². The number of guanidine groups is 1. The van der Waals surface area contributed by atoms with E-state index in [0.29, 0.717) is 6.61 Å². The monoisotopic (exact) mass is 290 g/mol. The molecule has 0 saturated heterocycles. The lowest BCUT2D eigenvalue weighted by Crippen LogP contribution is -2.43. The van der Waals surface area contributed by atoms with Gasteiger partial charge in [-0.1, -0.05) is 24.3 Å². The first-order chi connectivity index (χ1) is 10.3. The van der Waals surface area contributed by atoms with Gasteiger partial charge in [0.15, 0.2) is 5.96 Å². The summed E-state index contributed by atoms with van der Waals surface area (Å²) >= 11 is 0. The normalized spacial score (nSPS) is 15.6. The third-order valence-electron chi connectivity index (χ3n) is 3.75. The van der Waals surface area contributed by atoms with Crippen LogP contribution in [0.5, 0.6) is 0 Å². The maximum atomic E-state index is 5.02. The van der Waals surface area contributed by atoms with Gasteiger partial charge in [0, 0.05) is 46.9 Å². The summed E-state index contributed by atoms with van der Waals surface area (Å²) in [5.41, 5.74) is 2.96. The van der Waals surface area contributed by atoms with Gasteiger partial charge in [-0.15, -0.1) is 0 Å². The van der Waals surface area contributed by atoms with Crippen LogP contribution in [0.2, 0.25) is 0 Å². The van der Waals surface area contributed by atoms with Crippen LogP contribution in [0.4, 0.5) is 0 Å². The fourth-order valence-electron chi connectivity index (χ4n) is 2.57. The molecule has 1 aliphatic rings. The number of methoxy groups -OCH3 is 1. The van der Waals surface area contributed by atoms with Crippen LogP contribution in [0, 0.1) is 0 Å². The quantitative estimate of drug-likeness (QED) is 0.463. The van der Waals surface area contributed by atoms with Gasteiger partial charge in [0.2, 0.25) is 0 Å². The predicted octanol–water partition coefficient (Wildman–Crippen LogP) is 0.856. The molecule has 0 spiro atoms. The van der Waals surface area contributed by atoms with Crippen LogP contribution in [-0.4, -0.2) is 57.8 Å². The molecular formula is C16H26N4O. The van der Waals surface area contributed by atoms with Crippen molar-refractivity contribution in [2.24, 2.45) is 4.99 Å². The van der Waals surface area contributed by atoms with Crippen molar-refractivity contribution < 1.29 is 4.74 Å². The van der Waals surface area contributed by atoms with E-state index < -0.39 is 0 Å². The fraction of sp³-hybridized carbons (Fsp3) is 0.562. The number of aliphatic imine (C=N–C) groups is 1. The Balaban J connectivity index is 1.70. The molecule has 0 bridgehead atoms. The molecule has 0 unspecified atom stereocenters. The topological polar surface area (TPSA) is 48.9 Å². The third kappa shape index (κ3) is 5.02. The number of nitrogens with one attached hydrogen (secondary N) is 2. The van der Waals surface area contributed by atoms with Crippen LogP contribution in [0.15, 0.2) is 29.3 Å². The number of benzene rings is 1. The molecule has 5 nitrogen and oxygen atoms in total. The average Bonchev–Trinajstić information content (AvgIpc) is 2.53. The smallest absolute Gasteiger partial charge is 0.191 e. The highest BCUT2D eigenvalue weighted by molar-refractivity contribution is 5.79. The maximum Gasteiger partial charge on any atom is 0.191 e. The summed E-state index contributed by atoms with van der Waals surface area (Å²) in [7, 11) is 3.49. The molecule has 1 aliphatic heterocycles. The Bertz CT molecular complexity index is 461. The second-order valence-electron chi connectivity index (χ2n) is 5.21. The van der Waals surface area contributed by atoms with E-state index in [1.54, 1.807) is 14.2 Å². The zero-order chi connectivity index (χ0) is 14.9. The molecular weight excluding hydrogens is 264 g/mol. The molecule has 0 amide bonds. The highest BCUT2D eigenvalue weighted by atomic mass is 16.5. The van der Waals surface area contributed by atoms with Crippen molar-refractivity contribution >= 4 is 5.96 Å². The van der Waals surface area contributed by atoms with Gasteiger partial charge in [0.1, 0.15) is 0 Å². The summed E-state index contributed by atoms with van der Waals surface area (Å²) in [6.07, 6.45) is 1.15. The Labute approximate surface area is 127 Å². The minimum atomic E-state index is 0.684. The molecule has 0 radical (unpaired) electrons. The largest absolute Gasteiger partial charge is 0.383 e. The van der Waals surface area contributed by atoms with Crippen molar-refractivity contribution in [3.63, 3.8) is 0 Å². The van der Waals surface area contributed by atoms with Gasteiger partial charge in [0.05, 0.1) is 6.61 Å². The standard InChI is InChI=1S/C16H26N4O/c1-17-16(19-9-12-21-2)18-8-11-20-10-7-14-5-3-4-6-15(14)13-20/h3-6H,7-13H2,1-2H3,(H2,17,18,19). The molecule has 5 heteroatoms. The summed E-state index contributed by atoms with van der Waals surface area (Å²) in [5.74, 6) is 0.837. The third-order valence-corrected chi connectivity index (χ3v) is 3.75. The highest BCUT2D eigenvalue weighted by Crippen LogP contribution is 2.17. The number of hydrogen-bond donors (Lipinski definition) is 2. The number of ether oxygens (including phenoxy) is 1. The van der Waals surface area contributed by atoms with Crippen molar-refractivity contribution in [3.05, 3.63) is 35.4 Å². The van der Waals surface area contributed by atoms with Crippen molar-refractivity contribution in [1.29, 1.82) is 0 Å².